The van der Waals surface area contributed by atoms with Crippen LogP contribution in [0.3, 0.4) is 0 Å². The van der Waals surface area contributed by atoms with E-state index < -0.39 is 0 Å². The minimum Gasteiger partial charge on any atom is -0.489 e. The summed E-state index contributed by atoms with van der Waals surface area (Å²) in [5.41, 5.74) is 2.78. The second-order valence-electron chi connectivity index (χ2n) is 8.63. The number of hydrogen-bond acceptors (Lipinski definition) is 5. The number of nitrogens with zero attached hydrogens (tertiary/aromatic N) is 2. The van der Waals surface area contributed by atoms with E-state index in [4.69, 9.17) is 9.72 Å². The van der Waals surface area contributed by atoms with Crippen molar-refractivity contribution in [3.8, 4) is 5.75 Å². The molecule has 174 valence electrons. The molecule has 0 bridgehead atoms. The van der Waals surface area contributed by atoms with Crippen molar-refractivity contribution < 1.29 is 9.53 Å². The maximum absolute atomic E-state index is 13.1. The maximum atomic E-state index is 13.1. The summed E-state index contributed by atoms with van der Waals surface area (Å²) in [6.45, 7) is 3.46. The molecule has 0 spiro atoms. The van der Waals surface area contributed by atoms with Gasteiger partial charge in [-0.15, -0.1) is 11.3 Å². The molecule has 1 aliphatic rings. The Bertz CT molecular complexity index is 1370. The normalized spacial score (nSPS) is 13.3. The van der Waals surface area contributed by atoms with Crippen molar-refractivity contribution in [3.05, 3.63) is 92.3 Å². The third kappa shape index (κ3) is 4.61. The molecule has 5 rings (SSSR count). The molecule has 34 heavy (non-hydrogen) atoms. The molecule has 1 amide bonds. The van der Waals surface area contributed by atoms with Crippen LogP contribution in [0, 0.1) is 6.92 Å². The van der Waals surface area contributed by atoms with Crippen molar-refractivity contribution in [1.82, 2.24) is 14.9 Å². The number of carbonyl (C=O) groups is 1. The minimum absolute atomic E-state index is 0.0111. The third-order valence-corrected chi connectivity index (χ3v) is 7.43. The summed E-state index contributed by atoms with van der Waals surface area (Å²) < 4.78 is 7.59. The Morgan fingerprint density at radius 2 is 1.82 bits per heavy atom. The van der Waals surface area contributed by atoms with Gasteiger partial charge in [-0.2, -0.15) is 0 Å². The van der Waals surface area contributed by atoms with E-state index in [1.807, 2.05) is 61.5 Å². The second kappa shape index (κ2) is 9.81. The van der Waals surface area contributed by atoms with Crippen LogP contribution in [0.15, 0.2) is 59.4 Å². The smallest absolute Gasteiger partial charge is 0.262 e. The first-order valence-electron chi connectivity index (χ1n) is 11.7. The molecule has 4 aromatic rings. The van der Waals surface area contributed by atoms with E-state index in [0.29, 0.717) is 34.8 Å². The molecule has 1 aliphatic heterocycles. The number of benzene rings is 2. The number of nitrogens with one attached hydrogen (secondary N) is 1. The maximum Gasteiger partial charge on any atom is 0.262 e. The van der Waals surface area contributed by atoms with E-state index in [1.54, 1.807) is 4.57 Å². The van der Waals surface area contributed by atoms with Gasteiger partial charge in [-0.1, -0.05) is 48.9 Å². The van der Waals surface area contributed by atoms with Crippen molar-refractivity contribution in [2.75, 3.05) is 0 Å². The lowest BCUT2D eigenvalue weighted by Gasteiger charge is -2.08. The summed E-state index contributed by atoms with van der Waals surface area (Å²) in [4.78, 5) is 32.1. The summed E-state index contributed by atoms with van der Waals surface area (Å²) in [5, 5.41) is 3.58. The monoisotopic (exact) mass is 473 g/mol. The van der Waals surface area contributed by atoms with Gasteiger partial charge in [-0.25, -0.2) is 4.98 Å². The van der Waals surface area contributed by atoms with Crippen molar-refractivity contribution >= 4 is 27.5 Å². The zero-order valence-electron chi connectivity index (χ0n) is 19.2. The van der Waals surface area contributed by atoms with E-state index in [9.17, 15) is 9.59 Å². The van der Waals surface area contributed by atoms with Gasteiger partial charge in [0.25, 0.3) is 11.5 Å². The fourth-order valence-electron chi connectivity index (χ4n) is 4.33. The summed E-state index contributed by atoms with van der Waals surface area (Å²) in [6.07, 6.45) is 3.97. The lowest BCUT2D eigenvalue weighted by atomic mass is 10.1. The number of rotatable bonds is 6. The summed E-state index contributed by atoms with van der Waals surface area (Å²) in [7, 11) is 0. The van der Waals surface area contributed by atoms with Gasteiger partial charge in [-0.05, 0) is 48.6 Å². The van der Waals surface area contributed by atoms with Gasteiger partial charge >= 0.3 is 0 Å². The summed E-state index contributed by atoms with van der Waals surface area (Å²) in [6, 6.07) is 17.7. The van der Waals surface area contributed by atoms with Crippen LogP contribution in [0.25, 0.3) is 10.2 Å². The van der Waals surface area contributed by atoms with E-state index in [-0.39, 0.29) is 11.5 Å². The molecule has 0 unspecified atom stereocenters. The lowest BCUT2D eigenvalue weighted by Crippen LogP contribution is -2.25. The number of aromatic nitrogens is 2. The molecule has 7 heteroatoms. The number of aryl methyl sites for hydroxylation is 2. The Balaban J connectivity index is 1.26. The largest absolute Gasteiger partial charge is 0.489 e. The number of amides is 1. The molecule has 3 heterocycles. The highest BCUT2D eigenvalue weighted by Gasteiger charge is 2.22. The molecule has 0 atom stereocenters. The number of hydrogen-bond donors (Lipinski definition) is 1. The van der Waals surface area contributed by atoms with Gasteiger partial charge < -0.3 is 10.1 Å². The standard InChI is InChI=1S/C27H27N3O3S/c1-18-23-26(29-22-10-6-3-7-15-30(22)27(23)32)34-24(18)25(31)28-16-19-11-13-20(14-12-19)17-33-21-8-4-2-5-9-21/h2,4-5,8-9,11-14H,3,6-7,10,15-17H2,1H3,(H,28,31). The molecule has 0 radical (unpaired) electrons. The first kappa shape index (κ1) is 22.3. The Labute approximate surface area is 202 Å². The van der Waals surface area contributed by atoms with Gasteiger partial charge in [0.1, 0.15) is 23.0 Å². The SMILES string of the molecule is Cc1c(C(=O)NCc2ccc(COc3ccccc3)cc2)sc2nc3n(c(=O)c12)CCCCC3. The fourth-order valence-corrected chi connectivity index (χ4v) is 5.43. The molecular formula is C27H27N3O3S. The highest BCUT2D eigenvalue weighted by atomic mass is 32.1. The van der Waals surface area contributed by atoms with Crippen LogP contribution in [0.4, 0.5) is 0 Å². The quantitative estimate of drug-likeness (QED) is 0.428. The van der Waals surface area contributed by atoms with Crippen molar-refractivity contribution in [1.29, 1.82) is 0 Å². The first-order chi connectivity index (χ1) is 16.6. The zero-order chi connectivity index (χ0) is 23.5. The molecule has 0 saturated heterocycles. The van der Waals surface area contributed by atoms with Gasteiger partial charge in [0.05, 0.1) is 10.3 Å². The Hall–Kier alpha value is -3.45. The Kier molecular flexibility index (Phi) is 6.45. The Morgan fingerprint density at radius 1 is 1.06 bits per heavy atom. The Morgan fingerprint density at radius 3 is 2.62 bits per heavy atom. The van der Waals surface area contributed by atoms with Gasteiger partial charge in [-0.3, -0.25) is 14.2 Å². The number of thiophene rings is 1. The van der Waals surface area contributed by atoms with Crippen molar-refractivity contribution in [2.45, 2.75) is 52.3 Å². The van der Waals surface area contributed by atoms with E-state index in [0.717, 1.165) is 53.9 Å². The topological polar surface area (TPSA) is 73.2 Å². The molecule has 2 aromatic carbocycles. The molecule has 1 N–H and O–H groups in total. The molecular weight excluding hydrogens is 446 g/mol. The molecule has 2 aromatic heterocycles. The molecule has 0 aliphatic carbocycles. The van der Waals surface area contributed by atoms with E-state index >= 15 is 0 Å². The molecule has 0 saturated carbocycles. The van der Waals surface area contributed by atoms with Crippen LogP contribution in [-0.2, 0) is 26.1 Å². The van der Waals surface area contributed by atoms with Crippen molar-refractivity contribution in [3.63, 3.8) is 0 Å². The number of carbonyl (C=O) groups excluding carboxylic acids is 1. The number of fused-ring (bicyclic) bond motifs is 2. The fraction of sp³-hybridized carbons (Fsp3) is 0.296. The number of para-hydroxylation sites is 1. The van der Waals surface area contributed by atoms with Crippen molar-refractivity contribution in [2.24, 2.45) is 0 Å². The lowest BCUT2D eigenvalue weighted by molar-refractivity contribution is 0.0954. The first-order valence-corrected chi connectivity index (χ1v) is 12.5. The van der Waals surface area contributed by atoms with Gasteiger partial charge in [0.2, 0.25) is 0 Å². The van der Waals surface area contributed by atoms with Crippen LogP contribution in [0.1, 0.15) is 51.4 Å². The highest BCUT2D eigenvalue weighted by Crippen LogP contribution is 2.28. The third-order valence-electron chi connectivity index (χ3n) is 6.24. The average Bonchev–Trinajstić information content (AvgIpc) is 3.03. The highest BCUT2D eigenvalue weighted by molar-refractivity contribution is 7.20. The zero-order valence-corrected chi connectivity index (χ0v) is 20.0. The van der Waals surface area contributed by atoms with Crippen LogP contribution >= 0.6 is 11.3 Å². The predicted molar refractivity (Wildman–Crippen MR) is 135 cm³/mol. The summed E-state index contributed by atoms with van der Waals surface area (Å²) >= 11 is 1.31. The molecule has 0 fully saturated rings. The van der Waals surface area contributed by atoms with Gasteiger partial charge in [0, 0.05) is 19.5 Å². The van der Waals surface area contributed by atoms with Crippen LogP contribution in [-0.4, -0.2) is 15.5 Å². The predicted octanol–water partition coefficient (Wildman–Crippen LogP) is 5.00. The van der Waals surface area contributed by atoms with E-state index in [2.05, 4.69) is 5.32 Å². The van der Waals surface area contributed by atoms with Crippen LogP contribution in [0.2, 0.25) is 0 Å². The average molecular weight is 474 g/mol. The summed E-state index contributed by atoms with van der Waals surface area (Å²) in [5.74, 6) is 1.51. The van der Waals surface area contributed by atoms with Gasteiger partial charge in [0.15, 0.2) is 0 Å². The van der Waals surface area contributed by atoms with Crippen LogP contribution < -0.4 is 15.6 Å². The number of ether oxygens (including phenoxy) is 1. The molecule has 6 nitrogen and oxygen atoms in total. The second-order valence-corrected chi connectivity index (χ2v) is 9.63. The van der Waals surface area contributed by atoms with Crippen LogP contribution in [0.5, 0.6) is 5.75 Å². The van der Waals surface area contributed by atoms with E-state index in [1.165, 1.54) is 11.3 Å². The minimum atomic E-state index is -0.170.